The van der Waals surface area contributed by atoms with E-state index in [-0.39, 0.29) is 11.9 Å². The molecule has 4 atom stereocenters. The van der Waals surface area contributed by atoms with E-state index in [0.717, 1.165) is 6.42 Å². The third-order valence-electron chi connectivity index (χ3n) is 4.87. The minimum Gasteiger partial charge on any atom is -0.466 e. The summed E-state index contributed by atoms with van der Waals surface area (Å²) in [5.41, 5.74) is 0.399. The van der Waals surface area contributed by atoms with E-state index in [1.165, 1.54) is 6.42 Å². The summed E-state index contributed by atoms with van der Waals surface area (Å²) in [5.74, 6) is 1.40. The van der Waals surface area contributed by atoms with Crippen LogP contribution >= 0.6 is 0 Å². The average molecular weight is 225 g/mol. The summed E-state index contributed by atoms with van der Waals surface area (Å²) in [6, 6.07) is 0.305. The van der Waals surface area contributed by atoms with Gasteiger partial charge in [0.25, 0.3) is 0 Å². The minimum atomic E-state index is -0.00736. The smallest absolute Gasteiger partial charge is 0.310 e. The Morgan fingerprint density at radius 2 is 2.12 bits per heavy atom. The molecule has 3 rings (SSSR count). The molecule has 2 bridgehead atoms. The molecule has 0 saturated heterocycles. The van der Waals surface area contributed by atoms with Crippen LogP contribution in [0.4, 0.5) is 0 Å². The molecule has 3 nitrogen and oxygen atoms in total. The lowest BCUT2D eigenvalue weighted by Crippen LogP contribution is -2.63. The molecule has 3 aliphatic rings. The highest BCUT2D eigenvalue weighted by atomic mass is 16.5. The van der Waals surface area contributed by atoms with E-state index < -0.39 is 0 Å². The normalized spacial score (nSPS) is 40.0. The van der Waals surface area contributed by atoms with Gasteiger partial charge in [0.05, 0.1) is 12.5 Å². The fourth-order valence-corrected chi connectivity index (χ4v) is 3.69. The van der Waals surface area contributed by atoms with Crippen LogP contribution in [0.3, 0.4) is 0 Å². The highest BCUT2D eigenvalue weighted by molar-refractivity contribution is 5.74. The lowest BCUT2D eigenvalue weighted by atomic mass is 9.45. The molecule has 0 radical (unpaired) electrons. The Morgan fingerprint density at radius 1 is 1.44 bits per heavy atom. The topological polar surface area (TPSA) is 38.3 Å². The number of fused-ring (bicyclic) bond motifs is 2. The molecular formula is C13H23NO2. The Balaban J connectivity index is 2.10. The van der Waals surface area contributed by atoms with Gasteiger partial charge in [0, 0.05) is 6.04 Å². The van der Waals surface area contributed by atoms with Crippen molar-refractivity contribution in [3.05, 3.63) is 0 Å². The fourth-order valence-electron chi connectivity index (χ4n) is 3.69. The van der Waals surface area contributed by atoms with Crippen molar-refractivity contribution in [3.8, 4) is 0 Å². The van der Waals surface area contributed by atoms with Gasteiger partial charge in [-0.3, -0.25) is 4.79 Å². The van der Waals surface area contributed by atoms with Gasteiger partial charge >= 0.3 is 5.97 Å². The minimum absolute atomic E-state index is 0.00736. The zero-order valence-corrected chi connectivity index (χ0v) is 10.7. The Morgan fingerprint density at radius 3 is 2.62 bits per heavy atom. The quantitative estimate of drug-likeness (QED) is 0.745. The van der Waals surface area contributed by atoms with Crippen LogP contribution in [-0.4, -0.2) is 25.7 Å². The molecule has 92 valence electrons. The molecule has 0 spiro atoms. The van der Waals surface area contributed by atoms with Gasteiger partial charge in [0.1, 0.15) is 0 Å². The summed E-state index contributed by atoms with van der Waals surface area (Å²) in [4.78, 5) is 11.9. The number of nitrogens with one attached hydrogen (secondary N) is 1. The highest BCUT2D eigenvalue weighted by Crippen LogP contribution is 2.60. The number of carbonyl (C=O) groups excluding carboxylic acids is 1. The summed E-state index contributed by atoms with van der Waals surface area (Å²) >= 11 is 0. The van der Waals surface area contributed by atoms with Gasteiger partial charge in [-0.25, -0.2) is 0 Å². The third-order valence-corrected chi connectivity index (χ3v) is 4.87. The van der Waals surface area contributed by atoms with Crippen molar-refractivity contribution in [3.63, 3.8) is 0 Å². The summed E-state index contributed by atoms with van der Waals surface area (Å²) in [7, 11) is 1.96. The second kappa shape index (κ2) is 4.02. The van der Waals surface area contributed by atoms with E-state index in [9.17, 15) is 4.79 Å². The monoisotopic (exact) mass is 225 g/mol. The predicted octanol–water partition coefficient (Wildman–Crippen LogP) is 1.82. The third kappa shape index (κ3) is 1.56. The number of ether oxygens (including phenoxy) is 1. The van der Waals surface area contributed by atoms with Crippen molar-refractivity contribution in [2.24, 2.45) is 23.2 Å². The van der Waals surface area contributed by atoms with Crippen LogP contribution < -0.4 is 5.32 Å². The van der Waals surface area contributed by atoms with Crippen molar-refractivity contribution in [2.45, 2.75) is 39.7 Å². The zero-order valence-electron chi connectivity index (χ0n) is 10.7. The number of carbonyl (C=O) groups is 1. The van der Waals surface area contributed by atoms with Crippen LogP contribution in [0, 0.1) is 23.2 Å². The molecule has 3 heteroatoms. The molecule has 0 aliphatic heterocycles. The van der Waals surface area contributed by atoms with E-state index in [1.807, 2.05) is 14.0 Å². The second-order valence-corrected chi connectivity index (χ2v) is 5.77. The van der Waals surface area contributed by atoms with Gasteiger partial charge in [-0.05, 0) is 44.1 Å². The first-order chi connectivity index (χ1) is 7.52. The highest BCUT2D eigenvalue weighted by Gasteiger charge is 2.59. The summed E-state index contributed by atoms with van der Waals surface area (Å²) in [6.07, 6.45) is 2.27. The second-order valence-electron chi connectivity index (χ2n) is 5.77. The van der Waals surface area contributed by atoms with Crippen LogP contribution in [0.5, 0.6) is 0 Å². The maximum atomic E-state index is 11.9. The van der Waals surface area contributed by atoms with Crippen LogP contribution in [0.15, 0.2) is 0 Å². The van der Waals surface area contributed by atoms with Gasteiger partial charge in [-0.1, -0.05) is 13.8 Å². The molecule has 3 fully saturated rings. The van der Waals surface area contributed by atoms with E-state index in [2.05, 4.69) is 19.2 Å². The molecule has 1 N–H and O–H groups in total. The van der Waals surface area contributed by atoms with E-state index in [0.29, 0.717) is 29.9 Å². The molecular weight excluding hydrogens is 202 g/mol. The van der Waals surface area contributed by atoms with Gasteiger partial charge in [-0.15, -0.1) is 0 Å². The largest absolute Gasteiger partial charge is 0.466 e. The summed E-state index contributed by atoms with van der Waals surface area (Å²) in [5, 5.41) is 3.34. The van der Waals surface area contributed by atoms with Gasteiger partial charge in [-0.2, -0.15) is 0 Å². The molecule has 3 aliphatic carbocycles. The molecule has 0 amide bonds. The fraction of sp³-hybridized carbons (Fsp3) is 0.923. The first-order valence-corrected chi connectivity index (χ1v) is 6.36. The van der Waals surface area contributed by atoms with Gasteiger partial charge < -0.3 is 10.1 Å². The SMILES string of the molecule is CCOC(=O)C1C[C@H]2C[C@@H]([C@H]1NC)C2(C)C. The Labute approximate surface area is 97.9 Å². The number of rotatable bonds is 3. The number of hydrogen-bond donors (Lipinski definition) is 1. The first kappa shape index (κ1) is 11.9. The standard InChI is InChI=1S/C13H23NO2/c1-5-16-12(15)9-6-8-7-10(11(9)14-4)13(8,2)3/h8-11,14H,5-7H2,1-4H3/t8-,9?,10-,11-/m0/s1. The number of hydrogen-bond acceptors (Lipinski definition) is 3. The predicted molar refractivity (Wildman–Crippen MR) is 63.0 cm³/mol. The summed E-state index contributed by atoms with van der Waals surface area (Å²) < 4.78 is 5.17. The van der Waals surface area contributed by atoms with E-state index in [1.54, 1.807) is 0 Å². The van der Waals surface area contributed by atoms with Crippen LogP contribution in [0.1, 0.15) is 33.6 Å². The van der Waals surface area contributed by atoms with Crippen molar-refractivity contribution < 1.29 is 9.53 Å². The Kier molecular flexibility index (Phi) is 2.99. The molecule has 16 heavy (non-hydrogen) atoms. The van der Waals surface area contributed by atoms with Crippen molar-refractivity contribution >= 4 is 5.97 Å². The van der Waals surface area contributed by atoms with E-state index >= 15 is 0 Å². The molecule has 0 aromatic heterocycles. The summed E-state index contributed by atoms with van der Waals surface area (Å²) in [6.45, 7) is 7.03. The van der Waals surface area contributed by atoms with Crippen molar-refractivity contribution in [1.29, 1.82) is 0 Å². The van der Waals surface area contributed by atoms with Gasteiger partial charge in [0.2, 0.25) is 0 Å². The van der Waals surface area contributed by atoms with Crippen LogP contribution in [-0.2, 0) is 9.53 Å². The molecule has 1 unspecified atom stereocenters. The Bertz CT molecular complexity index is 288. The first-order valence-electron chi connectivity index (χ1n) is 6.36. The molecule has 0 aromatic carbocycles. The molecule has 0 aromatic rings. The lowest BCUT2D eigenvalue weighted by molar-refractivity contribution is -0.167. The molecule has 3 saturated carbocycles. The average Bonchev–Trinajstić information content (AvgIpc) is 2.28. The van der Waals surface area contributed by atoms with Crippen molar-refractivity contribution in [2.75, 3.05) is 13.7 Å². The van der Waals surface area contributed by atoms with Crippen LogP contribution in [0.25, 0.3) is 0 Å². The lowest BCUT2D eigenvalue weighted by Gasteiger charge is -2.61. The van der Waals surface area contributed by atoms with Crippen molar-refractivity contribution in [1.82, 2.24) is 5.32 Å². The zero-order chi connectivity index (χ0) is 11.9. The Hall–Kier alpha value is -0.570. The van der Waals surface area contributed by atoms with E-state index in [4.69, 9.17) is 4.74 Å². The van der Waals surface area contributed by atoms with Gasteiger partial charge in [0.15, 0.2) is 0 Å². The van der Waals surface area contributed by atoms with Crippen LogP contribution in [0.2, 0.25) is 0 Å². The maximum Gasteiger partial charge on any atom is 0.310 e. The maximum absolute atomic E-state index is 11.9. The number of esters is 1. The molecule has 0 heterocycles.